The lowest BCUT2D eigenvalue weighted by Gasteiger charge is -2.14. The number of carbonyl (C=O) groups is 1. The Balaban J connectivity index is 1.71. The van der Waals surface area contributed by atoms with Crippen molar-refractivity contribution in [1.29, 1.82) is 0 Å². The van der Waals surface area contributed by atoms with E-state index in [4.69, 9.17) is 5.73 Å². The topological polar surface area (TPSA) is 46.3 Å². The fourth-order valence-corrected chi connectivity index (χ4v) is 2.55. The number of halogens is 1. The minimum atomic E-state index is -0.304. The molecule has 4 heteroatoms. The van der Waals surface area contributed by atoms with Crippen LogP contribution in [-0.4, -0.2) is 36.9 Å². The highest BCUT2D eigenvalue weighted by Gasteiger charge is 2.20. The largest absolute Gasteiger partial charge is 0.330 e. The van der Waals surface area contributed by atoms with Gasteiger partial charge in [-0.1, -0.05) is 0 Å². The number of nitrogens with zero attached hydrogens (tertiary/aromatic N) is 1. The van der Waals surface area contributed by atoms with E-state index in [0.29, 0.717) is 17.9 Å². The second-order valence-electron chi connectivity index (χ2n) is 5.22. The van der Waals surface area contributed by atoms with Crippen LogP contribution >= 0.6 is 0 Å². The van der Waals surface area contributed by atoms with Gasteiger partial charge in [-0.15, -0.1) is 0 Å². The Morgan fingerprint density at radius 3 is 2.74 bits per heavy atom. The molecule has 2 N–H and O–H groups in total. The highest BCUT2D eigenvalue weighted by molar-refractivity contribution is 5.95. The van der Waals surface area contributed by atoms with Gasteiger partial charge in [0.1, 0.15) is 5.82 Å². The molecule has 0 bridgehead atoms. The Hall–Kier alpha value is -1.26. The zero-order chi connectivity index (χ0) is 13.7. The average Bonchev–Trinajstić information content (AvgIpc) is 2.87. The van der Waals surface area contributed by atoms with Crippen molar-refractivity contribution < 1.29 is 9.18 Å². The summed E-state index contributed by atoms with van der Waals surface area (Å²) in [6, 6.07) is 5.77. The molecule has 3 nitrogen and oxygen atoms in total. The summed E-state index contributed by atoms with van der Waals surface area (Å²) in [7, 11) is 0. The van der Waals surface area contributed by atoms with E-state index in [1.54, 1.807) is 12.1 Å². The van der Waals surface area contributed by atoms with E-state index in [-0.39, 0.29) is 11.6 Å². The second kappa shape index (κ2) is 6.78. The third kappa shape index (κ3) is 4.11. The number of rotatable bonds is 6. The summed E-state index contributed by atoms with van der Waals surface area (Å²) in [5.74, 6) is 0.406. The molecule has 1 aromatic rings. The quantitative estimate of drug-likeness (QED) is 0.800. The van der Waals surface area contributed by atoms with Gasteiger partial charge in [-0.3, -0.25) is 4.79 Å². The molecule has 2 rings (SSSR count). The van der Waals surface area contributed by atoms with E-state index < -0.39 is 0 Å². The van der Waals surface area contributed by atoms with Gasteiger partial charge in [-0.25, -0.2) is 4.39 Å². The van der Waals surface area contributed by atoms with Crippen LogP contribution in [0, 0.1) is 11.7 Å². The average molecular weight is 264 g/mol. The van der Waals surface area contributed by atoms with Crippen molar-refractivity contribution in [2.24, 2.45) is 11.7 Å². The van der Waals surface area contributed by atoms with Crippen LogP contribution in [-0.2, 0) is 0 Å². The van der Waals surface area contributed by atoms with Crippen LogP contribution in [0.1, 0.15) is 29.6 Å². The molecule has 1 aromatic carbocycles. The molecule has 1 saturated heterocycles. The number of likely N-dealkylation sites (tertiary alicyclic amines) is 1. The second-order valence-corrected chi connectivity index (χ2v) is 5.22. The first-order valence-corrected chi connectivity index (χ1v) is 6.90. The highest BCUT2D eigenvalue weighted by Crippen LogP contribution is 2.15. The molecule has 19 heavy (non-hydrogen) atoms. The molecule has 1 unspecified atom stereocenters. The van der Waals surface area contributed by atoms with Crippen molar-refractivity contribution in [2.45, 2.75) is 19.3 Å². The Morgan fingerprint density at radius 2 is 2.11 bits per heavy atom. The van der Waals surface area contributed by atoms with E-state index in [2.05, 4.69) is 4.90 Å². The molecule has 1 aliphatic rings. The zero-order valence-electron chi connectivity index (χ0n) is 11.1. The lowest BCUT2D eigenvalue weighted by atomic mass is 10.1. The number of hydrogen-bond acceptors (Lipinski definition) is 3. The molecular weight excluding hydrogens is 243 g/mol. The van der Waals surface area contributed by atoms with Gasteiger partial charge in [-0.05, 0) is 62.7 Å². The minimum Gasteiger partial charge on any atom is -0.330 e. The maximum atomic E-state index is 12.7. The number of hydrogen-bond donors (Lipinski definition) is 1. The number of Topliss-reactive ketones (excluding diaryl/α,β-unsaturated/α-hetero) is 1. The van der Waals surface area contributed by atoms with Crippen LogP contribution in [0.5, 0.6) is 0 Å². The highest BCUT2D eigenvalue weighted by atomic mass is 19.1. The van der Waals surface area contributed by atoms with Crippen LogP contribution in [0.15, 0.2) is 24.3 Å². The molecule has 1 fully saturated rings. The van der Waals surface area contributed by atoms with Gasteiger partial charge in [0, 0.05) is 18.5 Å². The predicted molar refractivity (Wildman–Crippen MR) is 73.6 cm³/mol. The monoisotopic (exact) mass is 264 g/mol. The lowest BCUT2D eigenvalue weighted by molar-refractivity contribution is 0.0976. The van der Waals surface area contributed by atoms with E-state index in [9.17, 15) is 9.18 Å². The molecule has 0 radical (unpaired) electrons. The van der Waals surface area contributed by atoms with Crippen molar-refractivity contribution in [3.05, 3.63) is 35.6 Å². The normalized spacial score (nSPS) is 19.8. The van der Waals surface area contributed by atoms with Crippen LogP contribution in [0.25, 0.3) is 0 Å². The molecule has 0 saturated carbocycles. The first kappa shape index (κ1) is 14.2. The SMILES string of the molecule is NCC1CCN(CCCC(=O)c2ccc(F)cc2)C1. The zero-order valence-corrected chi connectivity index (χ0v) is 11.1. The molecule has 0 spiro atoms. The maximum Gasteiger partial charge on any atom is 0.162 e. The van der Waals surface area contributed by atoms with Gasteiger partial charge in [0.05, 0.1) is 0 Å². The smallest absolute Gasteiger partial charge is 0.162 e. The van der Waals surface area contributed by atoms with E-state index in [0.717, 1.165) is 32.6 Å². The third-order valence-corrected chi connectivity index (χ3v) is 3.75. The summed E-state index contributed by atoms with van der Waals surface area (Å²) >= 11 is 0. The fraction of sp³-hybridized carbons (Fsp3) is 0.533. The Kier molecular flexibility index (Phi) is 5.05. The molecule has 104 valence electrons. The molecule has 1 atom stereocenters. The van der Waals surface area contributed by atoms with Crippen molar-refractivity contribution >= 4 is 5.78 Å². The maximum absolute atomic E-state index is 12.7. The van der Waals surface area contributed by atoms with Crippen LogP contribution in [0.2, 0.25) is 0 Å². The number of ketones is 1. The van der Waals surface area contributed by atoms with Gasteiger partial charge in [0.25, 0.3) is 0 Å². The van der Waals surface area contributed by atoms with Gasteiger partial charge in [0.15, 0.2) is 5.78 Å². The summed E-state index contributed by atoms with van der Waals surface area (Å²) in [6.45, 7) is 3.85. The van der Waals surface area contributed by atoms with Crippen molar-refractivity contribution in [3.8, 4) is 0 Å². The van der Waals surface area contributed by atoms with E-state index >= 15 is 0 Å². The molecule has 1 aliphatic heterocycles. The Bertz CT molecular complexity index is 419. The van der Waals surface area contributed by atoms with Crippen molar-refractivity contribution in [2.75, 3.05) is 26.2 Å². The van der Waals surface area contributed by atoms with Crippen molar-refractivity contribution in [3.63, 3.8) is 0 Å². The standard InChI is InChI=1S/C15H21FN2O/c16-14-5-3-13(4-6-14)15(19)2-1-8-18-9-7-12(10-17)11-18/h3-6,12H,1-2,7-11,17H2. The molecule has 0 amide bonds. The molecule has 0 aromatic heterocycles. The Morgan fingerprint density at radius 1 is 1.37 bits per heavy atom. The van der Waals surface area contributed by atoms with Crippen LogP contribution < -0.4 is 5.73 Å². The first-order valence-electron chi connectivity index (χ1n) is 6.90. The number of carbonyl (C=O) groups excluding carboxylic acids is 1. The minimum absolute atomic E-state index is 0.0922. The van der Waals surface area contributed by atoms with Gasteiger partial charge < -0.3 is 10.6 Å². The van der Waals surface area contributed by atoms with E-state index in [1.807, 2.05) is 0 Å². The summed E-state index contributed by atoms with van der Waals surface area (Å²) in [5, 5.41) is 0. The third-order valence-electron chi connectivity index (χ3n) is 3.75. The molecule has 0 aliphatic carbocycles. The summed E-state index contributed by atoms with van der Waals surface area (Å²) in [6.07, 6.45) is 2.55. The van der Waals surface area contributed by atoms with Gasteiger partial charge in [-0.2, -0.15) is 0 Å². The lowest BCUT2D eigenvalue weighted by Crippen LogP contribution is -2.24. The summed E-state index contributed by atoms with van der Waals surface area (Å²) in [5.41, 5.74) is 6.25. The van der Waals surface area contributed by atoms with Crippen molar-refractivity contribution in [1.82, 2.24) is 4.90 Å². The number of nitrogens with two attached hydrogens (primary N) is 1. The predicted octanol–water partition coefficient (Wildman–Crippen LogP) is 2.07. The van der Waals surface area contributed by atoms with Crippen LogP contribution in [0.3, 0.4) is 0 Å². The molecular formula is C15H21FN2O. The Labute approximate surface area is 113 Å². The summed E-state index contributed by atoms with van der Waals surface area (Å²) in [4.78, 5) is 14.3. The molecule has 1 heterocycles. The number of benzene rings is 1. The summed E-state index contributed by atoms with van der Waals surface area (Å²) < 4.78 is 12.7. The van der Waals surface area contributed by atoms with Crippen LogP contribution in [0.4, 0.5) is 4.39 Å². The first-order chi connectivity index (χ1) is 9.19. The van der Waals surface area contributed by atoms with Gasteiger partial charge in [0.2, 0.25) is 0 Å². The van der Waals surface area contributed by atoms with Gasteiger partial charge >= 0.3 is 0 Å². The van der Waals surface area contributed by atoms with E-state index in [1.165, 1.54) is 18.6 Å². The fourth-order valence-electron chi connectivity index (χ4n) is 2.55.